The number of hydrogen-bond acceptors (Lipinski definition) is 2. The first-order valence-electron chi connectivity index (χ1n) is 4.68. The van der Waals surface area contributed by atoms with Gasteiger partial charge in [-0.05, 0) is 26.0 Å². The van der Waals surface area contributed by atoms with Crippen molar-refractivity contribution in [2.45, 2.75) is 18.2 Å². The Hall–Kier alpha value is -1.10. The van der Waals surface area contributed by atoms with Gasteiger partial charge in [0.05, 0.1) is 11.4 Å². The second-order valence-electron chi connectivity index (χ2n) is 3.78. The molecule has 1 amide bonds. The van der Waals surface area contributed by atoms with E-state index in [0.29, 0.717) is 5.69 Å². The summed E-state index contributed by atoms with van der Waals surface area (Å²) in [6.45, 7) is 3.42. The Morgan fingerprint density at radius 1 is 1.50 bits per heavy atom. The molecule has 0 radical (unpaired) electrons. The highest BCUT2D eigenvalue weighted by molar-refractivity contribution is 9.10. The first kappa shape index (κ1) is 13.0. The lowest BCUT2D eigenvalue weighted by Crippen LogP contribution is -2.30. The van der Waals surface area contributed by atoms with Gasteiger partial charge in [0, 0.05) is 11.8 Å². The minimum Gasteiger partial charge on any atom is -0.494 e. The number of nitrogens with one attached hydrogen (secondary N) is 1. The van der Waals surface area contributed by atoms with E-state index in [4.69, 9.17) is 4.74 Å². The van der Waals surface area contributed by atoms with Crippen molar-refractivity contribution in [3.05, 3.63) is 24.0 Å². The van der Waals surface area contributed by atoms with Crippen molar-refractivity contribution in [2.24, 2.45) is 0 Å². The smallest absolute Gasteiger partial charge is 0.240 e. The van der Waals surface area contributed by atoms with Gasteiger partial charge < -0.3 is 10.1 Å². The Bertz CT molecular complexity index is 401. The number of hydrogen-bond donors (Lipinski definition) is 1. The lowest BCUT2D eigenvalue weighted by atomic mass is 10.2. The molecule has 16 heavy (non-hydrogen) atoms. The van der Waals surface area contributed by atoms with Gasteiger partial charge in [-0.1, -0.05) is 15.9 Å². The van der Waals surface area contributed by atoms with Gasteiger partial charge in [-0.3, -0.25) is 4.79 Å². The van der Waals surface area contributed by atoms with Crippen LogP contribution in [-0.2, 0) is 4.79 Å². The maximum absolute atomic E-state index is 13.3. The summed E-state index contributed by atoms with van der Waals surface area (Å²) < 4.78 is 17.4. The normalized spacial score (nSPS) is 11.1. The van der Waals surface area contributed by atoms with Crippen molar-refractivity contribution >= 4 is 27.5 Å². The van der Waals surface area contributed by atoms with E-state index in [2.05, 4.69) is 21.2 Å². The Morgan fingerprint density at radius 2 is 2.12 bits per heavy atom. The van der Waals surface area contributed by atoms with E-state index in [0.717, 1.165) is 0 Å². The highest BCUT2D eigenvalue weighted by atomic mass is 79.9. The molecular weight excluding hydrogens is 277 g/mol. The quantitative estimate of drug-likeness (QED) is 0.869. The molecule has 0 aliphatic carbocycles. The van der Waals surface area contributed by atoms with E-state index in [1.165, 1.54) is 19.2 Å². The number of rotatable bonds is 3. The second-order valence-corrected chi connectivity index (χ2v) is 5.76. The second kappa shape index (κ2) is 4.82. The molecule has 0 atom stereocenters. The van der Waals surface area contributed by atoms with Crippen LogP contribution in [0.15, 0.2) is 18.2 Å². The monoisotopic (exact) mass is 289 g/mol. The van der Waals surface area contributed by atoms with Crippen molar-refractivity contribution in [1.82, 2.24) is 0 Å². The summed E-state index contributed by atoms with van der Waals surface area (Å²) in [6, 6.07) is 4.26. The van der Waals surface area contributed by atoms with Gasteiger partial charge in [0.2, 0.25) is 5.91 Å². The number of methoxy groups -OCH3 is 1. The maximum Gasteiger partial charge on any atom is 0.240 e. The molecule has 1 aromatic rings. The molecule has 0 unspecified atom stereocenters. The minimum absolute atomic E-state index is 0.149. The van der Waals surface area contributed by atoms with Gasteiger partial charge in [-0.15, -0.1) is 0 Å². The number of anilines is 1. The summed E-state index contributed by atoms with van der Waals surface area (Å²) >= 11 is 3.22. The molecule has 88 valence electrons. The molecule has 1 N–H and O–H groups in total. The lowest BCUT2D eigenvalue weighted by Gasteiger charge is -2.16. The molecule has 1 rings (SSSR count). The van der Waals surface area contributed by atoms with Crippen LogP contribution < -0.4 is 10.1 Å². The van der Waals surface area contributed by atoms with Crippen LogP contribution in [0.4, 0.5) is 10.1 Å². The third-order valence-corrected chi connectivity index (χ3v) is 2.31. The van der Waals surface area contributed by atoms with E-state index in [1.54, 1.807) is 19.9 Å². The number of carbonyl (C=O) groups is 1. The van der Waals surface area contributed by atoms with E-state index < -0.39 is 10.1 Å². The van der Waals surface area contributed by atoms with Crippen LogP contribution in [0.2, 0.25) is 0 Å². The topological polar surface area (TPSA) is 38.3 Å². The Morgan fingerprint density at radius 3 is 2.56 bits per heavy atom. The standard InChI is InChI=1S/C11H13BrFNO2/c1-11(2,12)10(15)14-7-4-5-9(16-3)8(13)6-7/h4-6H,1-3H3,(H,14,15). The highest BCUT2D eigenvalue weighted by Gasteiger charge is 2.23. The third-order valence-electron chi connectivity index (χ3n) is 1.95. The molecule has 0 aliphatic heterocycles. The fourth-order valence-electron chi connectivity index (χ4n) is 1.02. The summed E-state index contributed by atoms with van der Waals surface area (Å²) in [5, 5.41) is 2.59. The Kier molecular flexibility index (Phi) is 3.91. The zero-order chi connectivity index (χ0) is 12.3. The number of carbonyl (C=O) groups excluding carboxylic acids is 1. The van der Waals surface area contributed by atoms with Crippen molar-refractivity contribution < 1.29 is 13.9 Å². The summed E-state index contributed by atoms with van der Waals surface area (Å²) in [6.07, 6.45) is 0. The van der Waals surface area contributed by atoms with Gasteiger partial charge in [0.25, 0.3) is 0 Å². The van der Waals surface area contributed by atoms with Crippen LogP contribution >= 0.6 is 15.9 Å². The van der Waals surface area contributed by atoms with Gasteiger partial charge in [-0.2, -0.15) is 0 Å². The van der Waals surface area contributed by atoms with Crippen LogP contribution in [0, 0.1) is 5.82 Å². The predicted octanol–water partition coefficient (Wildman–Crippen LogP) is 2.95. The Balaban J connectivity index is 2.84. The van der Waals surface area contributed by atoms with Gasteiger partial charge >= 0.3 is 0 Å². The predicted molar refractivity (Wildman–Crippen MR) is 64.6 cm³/mol. The van der Waals surface area contributed by atoms with Crippen molar-refractivity contribution in [3.63, 3.8) is 0 Å². The molecule has 0 saturated carbocycles. The first-order chi connectivity index (χ1) is 7.34. The fourth-order valence-corrected chi connectivity index (χ4v) is 1.12. The van der Waals surface area contributed by atoms with Gasteiger partial charge in [0.1, 0.15) is 0 Å². The number of halogens is 2. The SMILES string of the molecule is COc1ccc(NC(=O)C(C)(C)Br)cc1F. The average Bonchev–Trinajstić information content (AvgIpc) is 2.16. The maximum atomic E-state index is 13.3. The molecule has 1 aromatic carbocycles. The number of alkyl halides is 1. The summed E-state index contributed by atoms with van der Waals surface area (Å²) in [7, 11) is 1.39. The van der Waals surface area contributed by atoms with E-state index in [-0.39, 0.29) is 11.7 Å². The first-order valence-corrected chi connectivity index (χ1v) is 5.48. The van der Waals surface area contributed by atoms with Crippen LogP contribution in [0.3, 0.4) is 0 Å². The molecule has 0 heterocycles. The van der Waals surface area contributed by atoms with Gasteiger partial charge in [-0.25, -0.2) is 4.39 Å². The van der Waals surface area contributed by atoms with Crippen LogP contribution in [0.25, 0.3) is 0 Å². The van der Waals surface area contributed by atoms with Crippen LogP contribution in [0.5, 0.6) is 5.75 Å². The zero-order valence-corrected chi connectivity index (χ0v) is 10.9. The number of ether oxygens (including phenoxy) is 1. The molecule has 0 aromatic heterocycles. The molecule has 0 saturated heterocycles. The minimum atomic E-state index is -0.691. The van der Waals surface area contributed by atoms with Crippen molar-refractivity contribution in [2.75, 3.05) is 12.4 Å². The van der Waals surface area contributed by atoms with Crippen molar-refractivity contribution in [1.29, 1.82) is 0 Å². The summed E-state index contributed by atoms with van der Waals surface area (Å²) in [4.78, 5) is 11.6. The molecule has 0 spiro atoms. The Labute approximate surface area is 102 Å². The third kappa shape index (κ3) is 3.20. The molecular formula is C11H13BrFNO2. The fraction of sp³-hybridized carbons (Fsp3) is 0.364. The largest absolute Gasteiger partial charge is 0.494 e. The molecule has 5 heteroatoms. The highest BCUT2D eigenvalue weighted by Crippen LogP contribution is 2.23. The zero-order valence-electron chi connectivity index (χ0n) is 9.30. The molecule has 0 aliphatic rings. The number of benzene rings is 1. The average molecular weight is 290 g/mol. The number of amides is 1. The van der Waals surface area contributed by atoms with Crippen molar-refractivity contribution in [3.8, 4) is 5.75 Å². The summed E-state index contributed by atoms with van der Waals surface area (Å²) in [5.74, 6) is -0.596. The van der Waals surface area contributed by atoms with Crippen LogP contribution in [0.1, 0.15) is 13.8 Å². The van der Waals surface area contributed by atoms with E-state index >= 15 is 0 Å². The van der Waals surface area contributed by atoms with Gasteiger partial charge in [0.15, 0.2) is 11.6 Å². The molecule has 0 fully saturated rings. The molecule has 0 bridgehead atoms. The summed E-state index contributed by atoms with van der Waals surface area (Å²) in [5.41, 5.74) is 0.399. The molecule has 3 nitrogen and oxygen atoms in total. The van der Waals surface area contributed by atoms with E-state index in [9.17, 15) is 9.18 Å². The lowest BCUT2D eigenvalue weighted by molar-refractivity contribution is -0.117. The van der Waals surface area contributed by atoms with Crippen LogP contribution in [-0.4, -0.2) is 17.3 Å². The van der Waals surface area contributed by atoms with E-state index in [1.807, 2.05) is 0 Å².